The molecule has 2 aromatic rings. The summed E-state index contributed by atoms with van der Waals surface area (Å²) in [6, 6.07) is 19.5. The number of piperidine rings is 1. The van der Waals surface area contributed by atoms with E-state index in [1.807, 2.05) is 25.1 Å². The molecular weight excluding hydrogens is 308 g/mol. The fourth-order valence-electron chi connectivity index (χ4n) is 4.64. The second-order valence-electron chi connectivity index (χ2n) is 7.62. The zero-order valence-corrected chi connectivity index (χ0v) is 14.7. The van der Waals surface area contributed by atoms with Crippen LogP contribution in [0, 0.1) is 18.3 Å². The van der Waals surface area contributed by atoms with E-state index in [1.54, 1.807) is 0 Å². The standard InChI is InChI=1S/C22H24N2O/c1-16-7-8-19(11-18(16)14-23)22(25)12-20-9-10-21(13-22)24(20)15-17-5-3-2-4-6-17/h2-8,11,20-21,25H,9-10,12-13,15H2,1H3. The van der Waals surface area contributed by atoms with Gasteiger partial charge in [0, 0.05) is 18.6 Å². The fourth-order valence-corrected chi connectivity index (χ4v) is 4.64. The maximum absolute atomic E-state index is 11.4. The zero-order valence-electron chi connectivity index (χ0n) is 14.7. The Morgan fingerprint density at radius 3 is 2.44 bits per heavy atom. The molecule has 0 radical (unpaired) electrons. The van der Waals surface area contributed by atoms with Crippen LogP contribution in [0.2, 0.25) is 0 Å². The van der Waals surface area contributed by atoms with E-state index >= 15 is 0 Å². The molecule has 25 heavy (non-hydrogen) atoms. The number of nitrogens with zero attached hydrogens (tertiary/aromatic N) is 2. The molecule has 0 spiro atoms. The van der Waals surface area contributed by atoms with Crippen LogP contribution >= 0.6 is 0 Å². The first-order valence-corrected chi connectivity index (χ1v) is 9.12. The Hall–Kier alpha value is -2.15. The highest BCUT2D eigenvalue weighted by Gasteiger charge is 2.48. The quantitative estimate of drug-likeness (QED) is 0.928. The number of rotatable bonds is 3. The van der Waals surface area contributed by atoms with Crippen molar-refractivity contribution in [3.05, 3.63) is 70.8 Å². The Kier molecular flexibility index (Phi) is 4.11. The van der Waals surface area contributed by atoms with Crippen molar-refractivity contribution in [2.75, 3.05) is 0 Å². The molecule has 0 aliphatic carbocycles. The lowest BCUT2D eigenvalue weighted by atomic mass is 9.79. The van der Waals surface area contributed by atoms with E-state index in [-0.39, 0.29) is 0 Å². The monoisotopic (exact) mass is 332 g/mol. The molecule has 2 aliphatic heterocycles. The third-order valence-corrected chi connectivity index (χ3v) is 6.02. The van der Waals surface area contributed by atoms with Crippen LogP contribution in [0.1, 0.15) is 47.9 Å². The van der Waals surface area contributed by atoms with Gasteiger partial charge in [-0.15, -0.1) is 0 Å². The smallest absolute Gasteiger partial charge is 0.0994 e. The minimum atomic E-state index is -0.807. The lowest BCUT2D eigenvalue weighted by Crippen LogP contribution is -2.49. The molecule has 1 N–H and O–H groups in total. The van der Waals surface area contributed by atoms with Crippen molar-refractivity contribution in [1.82, 2.24) is 4.90 Å². The van der Waals surface area contributed by atoms with Gasteiger partial charge in [-0.25, -0.2) is 0 Å². The molecule has 0 aromatic heterocycles. The van der Waals surface area contributed by atoms with Crippen molar-refractivity contribution >= 4 is 0 Å². The Morgan fingerprint density at radius 2 is 1.80 bits per heavy atom. The summed E-state index contributed by atoms with van der Waals surface area (Å²) in [6.45, 7) is 2.90. The first-order valence-electron chi connectivity index (χ1n) is 9.12. The largest absolute Gasteiger partial charge is 0.385 e. The van der Waals surface area contributed by atoms with Crippen molar-refractivity contribution in [3.63, 3.8) is 0 Å². The third kappa shape index (κ3) is 2.97. The molecule has 3 heteroatoms. The molecule has 2 aliphatic rings. The molecule has 2 heterocycles. The summed E-state index contributed by atoms with van der Waals surface area (Å²) >= 11 is 0. The lowest BCUT2D eigenvalue weighted by Gasteiger charge is -2.44. The van der Waals surface area contributed by atoms with Gasteiger partial charge >= 0.3 is 0 Å². The van der Waals surface area contributed by atoms with Crippen LogP contribution in [0.15, 0.2) is 48.5 Å². The van der Waals surface area contributed by atoms with Gasteiger partial charge in [0.2, 0.25) is 0 Å². The average molecular weight is 332 g/mol. The predicted molar refractivity (Wildman–Crippen MR) is 97.8 cm³/mol. The molecule has 2 fully saturated rings. The minimum absolute atomic E-state index is 0.413. The van der Waals surface area contributed by atoms with Crippen LogP contribution in [-0.2, 0) is 12.1 Å². The molecular formula is C22H24N2O. The summed E-state index contributed by atoms with van der Waals surface area (Å²) < 4.78 is 0. The first-order chi connectivity index (χ1) is 12.1. The summed E-state index contributed by atoms with van der Waals surface area (Å²) in [4.78, 5) is 2.57. The van der Waals surface area contributed by atoms with Gasteiger partial charge in [0.05, 0.1) is 17.2 Å². The Bertz CT molecular complexity index is 795. The molecule has 2 aromatic carbocycles. The molecule has 2 atom stereocenters. The lowest BCUT2D eigenvalue weighted by molar-refractivity contribution is -0.0595. The number of aliphatic hydroxyl groups is 1. The van der Waals surface area contributed by atoms with Crippen molar-refractivity contribution in [2.45, 2.75) is 56.8 Å². The molecule has 2 unspecified atom stereocenters. The first kappa shape index (κ1) is 16.3. The fraction of sp³-hybridized carbons (Fsp3) is 0.409. The van der Waals surface area contributed by atoms with Crippen LogP contribution in [0.3, 0.4) is 0 Å². The van der Waals surface area contributed by atoms with Gasteiger partial charge in [-0.05, 0) is 55.4 Å². The highest BCUT2D eigenvalue weighted by molar-refractivity contribution is 5.42. The SMILES string of the molecule is Cc1ccc(C2(O)CC3CCC(C2)N3Cc2ccccc2)cc1C#N. The van der Waals surface area contributed by atoms with Gasteiger partial charge in [0.25, 0.3) is 0 Å². The van der Waals surface area contributed by atoms with Gasteiger partial charge in [0.1, 0.15) is 0 Å². The predicted octanol–water partition coefficient (Wildman–Crippen LogP) is 3.88. The van der Waals surface area contributed by atoms with Gasteiger partial charge < -0.3 is 5.11 Å². The molecule has 0 saturated carbocycles. The van der Waals surface area contributed by atoms with Gasteiger partial charge in [-0.2, -0.15) is 5.26 Å². The number of nitriles is 1. The topological polar surface area (TPSA) is 47.3 Å². The number of benzene rings is 2. The van der Waals surface area contributed by atoms with Crippen molar-refractivity contribution in [3.8, 4) is 6.07 Å². The summed E-state index contributed by atoms with van der Waals surface area (Å²) in [6.07, 6.45) is 3.81. The van der Waals surface area contributed by atoms with Crippen LogP contribution in [0.5, 0.6) is 0 Å². The number of aryl methyl sites for hydroxylation is 1. The van der Waals surface area contributed by atoms with E-state index in [9.17, 15) is 10.4 Å². The van der Waals surface area contributed by atoms with Gasteiger partial charge in [0.15, 0.2) is 0 Å². The van der Waals surface area contributed by atoms with E-state index in [1.165, 1.54) is 5.56 Å². The normalized spacial score (nSPS) is 28.7. The maximum atomic E-state index is 11.4. The van der Waals surface area contributed by atoms with Crippen LogP contribution in [0.4, 0.5) is 0 Å². The zero-order chi connectivity index (χ0) is 17.4. The number of fused-ring (bicyclic) bond motifs is 2. The molecule has 4 rings (SSSR count). The maximum Gasteiger partial charge on any atom is 0.0994 e. The second-order valence-corrected chi connectivity index (χ2v) is 7.62. The highest BCUT2D eigenvalue weighted by Crippen LogP contribution is 2.46. The van der Waals surface area contributed by atoms with E-state index in [0.717, 1.165) is 43.4 Å². The molecule has 128 valence electrons. The van der Waals surface area contributed by atoms with Gasteiger partial charge in [-0.1, -0.05) is 42.5 Å². The summed E-state index contributed by atoms with van der Waals surface area (Å²) in [5, 5.41) is 20.7. The molecule has 2 saturated heterocycles. The Morgan fingerprint density at radius 1 is 1.12 bits per heavy atom. The molecule has 2 bridgehead atoms. The van der Waals surface area contributed by atoms with Crippen LogP contribution in [-0.4, -0.2) is 22.1 Å². The summed E-state index contributed by atoms with van der Waals surface area (Å²) in [5.41, 5.74) is 3.08. The highest BCUT2D eigenvalue weighted by atomic mass is 16.3. The van der Waals surface area contributed by atoms with Crippen molar-refractivity contribution in [2.24, 2.45) is 0 Å². The summed E-state index contributed by atoms with van der Waals surface area (Å²) in [5.74, 6) is 0. The van der Waals surface area contributed by atoms with Crippen molar-refractivity contribution in [1.29, 1.82) is 5.26 Å². The van der Waals surface area contributed by atoms with E-state index in [4.69, 9.17) is 0 Å². The average Bonchev–Trinajstić information content (AvgIpc) is 2.87. The number of hydrogen-bond acceptors (Lipinski definition) is 3. The van der Waals surface area contributed by atoms with Crippen LogP contribution in [0.25, 0.3) is 0 Å². The van der Waals surface area contributed by atoms with E-state index in [0.29, 0.717) is 17.6 Å². The van der Waals surface area contributed by atoms with Crippen LogP contribution < -0.4 is 0 Å². The molecule has 3 nitrogen and oxygen atoms in total. The van der Waals surface area contributed by atoms with E-state index in [2.05, 4.69) is 41.3 Å². The second kappa shape index (κ2) is 6.29. The third-order valence-electron chi connectivity index (χ3n) is 6.02. The van der Waals surface area contributed by atoms with Crippen molar-refractivity contribution < 1.29 is 5.11 Å². The Labute approximate surface area is 149 Å². The Balaban J connectivity index is 1.57. The molecule has 0 amide bonds. The van der Waals surface area contributed by atoms with E-state index < -0.39 is 5.60 Å². The summed E-state index contributed by atoms with van der Waals surface area (Å²) in [7, 11) is 0. The minimum Gasteiger partial charge on any atom is -0.385 e. The van der Waals surface area contributed by atoms with Gasteiger partial charge in [-0.3, -0.25) is 4.90 Å². The number of hydrogen-bond donors (Lipinski definition) is 1.